The molecule has 4 aromatic carbocycles. The van der Waals surface area contributed by atoms with Crippen LogP contribution >= 0.6 is 7.82 Å². The summed E-state index contributed by atoms with van der Waals surface area (Å²) in [4.78, 5) is 18.3. The quantitative estimate of drug-likeness (QED) is 0.127. The molecule has 4 rings (SSSR count). The number of rotatable bonds is 3. The largest absolute Gasteiger partial charge is 0.524 e. The Morgan fingerprint density at radius 2 is 1.27 bits per heavy atom. The zero-order valence-electron chi connectivity index (χ0n) is 18.9. The van der Waals surface area contributed by atoms with Crippen LogP contribution in [0, 0.1) is 0 Å². The highest BCUT2D eigenvalue weighted by Gasteiger charge is 2.18. The number of hydrogen-bond acceptors (Lipinski definition) is 4. The van der Waals surface area contributed by atoms with Crippen LogP contribution in [0.3, 0.4) is 0 Å². The van der Waals surface area contributed by atoms with E-state index in [4.69, 9.17) is 24.5 Å². The Hall–Kier alpha value is -2.99. The molecule has 0 saturated heterocycles. The van der Waals surface area contributed by atoms with E-state index in [0.717, 1.165) is 26.9 Å². The Morgan fingerprint density at radius 3 is 1.79 bits per heavy atom. The SMILES string of the molecule is C=CC.C=CC.O=P(O)(O)Oc1cccc2ccc3cc4ccccc4cc3c12.OCCO. The van der Waals surface area contributed by atoms with E-state index >= 15 is 0 Å². The van der Waals surface area contributed by atoms with Crippen molar-refractivity contribution in [3.8, 4) is 5.75 Å². The van der Waals surface area contributed by atoms with E-state index in [9.17, 15) is 4.57 Å². The summed E-state index contributed by atoms with van der Waals surface area (Å²) in [6, 6.07) is 21.2. The molecule has 0 bridgehead atoms. The van der Waals surface area contributed by atoms with Gasteiger partial charge in [-0.1, -0.05) is 60.7 Å². The molecule has 0 aliphatic carbocycles. The fraction of sp³-hybridized carbons (Fsp3) is 0.154. The van der Waals surface area contributed by atoms with Crippen molar-refractivity contribution in [2.45, 2.75) is 13.8 Å². The van der Waals surface area contributed by atoms with Gasteiger partial charge in [-0.05, 0) is 59.0 Å². The van der Waals surface area contributed by atoms with E-state index in [1.807, 2.05) is 62.4 Å². The highest BCUT2D eigenvalue weighted by atomic mass is 31.2. The zero-order valence-corrected chi connectivity index (χ0v) is 19.8. The van der Waals surface area contributed by atoms with Crippen molar-refractivity contribution < 1.29 is 29.1 Å². The summed E-state index contributed by atoms with van der Waals surface area (Å²) in [6.45, 7) is 10.2. The second kappa shape index (κ2) is 14.2. The molecule has 0 unspecified atom stereocenters. The maximum Gasteiger partial charge on any atom is 0.524 e. The average molecular weight is 471 g/mol. The van der Waals surface area contributed by atoms with Crippen LogP contribution < -0.4 is 4.52 Å². The number of hydrogen-bond donors (Lipinski definition) is 4. The number of phosphoric acid groups is 1. The molecule has 0 aliphatic heterocycles. The molecular formula is C26H31O6P. The number of allylic oxidation sites excluding steroid dienone is 2. The van der Waals surface area contributed by atoms with Crippen LogP contribution in [0.25, 0.3) is 32.3 Å². The summed E-state index contributed by atoms with van der Waals surface area (Å²) < 4.78 is 16.2. The lowest BCUT2D eigenvalue weighted by atomic mass is 9.98. The third kappa shape index (κ3) is 8.81. The van der Waals surface area contributed by atoms with Crippen molar-refractivity contribution in [2.75, 3.05) is 13.2 Å². The summed E-state index contributed by atoms with van der Waals surface area (Å²) in [5.74, 6) is 0.191. The van der Waals surface area contributed by atoms with Gasteiger partial charge in [-0.2, -0.15) is 0 Å². The number of phosphoric ester groups is 1. The predicted octanol–water partition coefficient (Wildman–Crippen LogP) is 5.97. The van der Waals surface area contributed by atoms with Gasteiger partial charge in [-0.3, -0.25) is 9.79 Å². The van der Waals surface area contributed by atoms with Crippen LogP contribution in [0.2, 0.25) is 0 Å². The van der Waals surface area contributed by atoms with Crippen LogP contribution in [0.4, 0.5) is 0 Å². The normalized spacial score (nSPS) is 10.1. The Bertz CT molecular complexity index is 1220. The van der Waals surface area contributed by atoms with Gasteiger partial charge >= 0.3 is 7.82 Å². The van der Waals surface area contributed by atoms with E-state index in [1.165, 1.54) is 0 Å². The monoisotopic (exact) mass is 470 g/mol. The lowest BCUT2D eigenvalue weighted by molar-refractivity contribution is 0.186. The van der Waals surface area contributed by atoms with Crippen molar-refractivity contribution in [2.24, 2.45) is 0 Å². The number of aliphatic hydroxyl groups excluding tert-OH is 2. The summed E-state index contributed by atoms with van der Waals surface area (Å²) >= 11 is 0. The topological polar surface area (TPSA) is 107 Å². The maximum absolute atomic E-state index is 11.3. The molecule has 0 aromatic heterocycles. The molecule has 4 N–H and O–H groups in total. The standard InChI is InChI=1S/C18H13O4P.2C3H6.C2H6O2/c19-23(20,21)22-17-7-3-6-12-8-9-15-10-13-4-1-2-5-14(13)11-16(15)18(12)17;2*1-3-2;3-1-2-4/h1-11H,(H2,19,20,21);2*3H,1H2,2H3;3-4H,1-2H2. The lowest BCUT2D eigenvalue weighted by Gasteiger charge is -2.12. The third-order valence-electron chi connectivity index (χ3n) is 4.01. The van der Waals surface area contributed by atoms with Gasteiger partial charge in [0.1, 0.15) is 5.75 Å². The van der Waals surface area contributed by atoms with Crippen molar-refractivity contribution in [3.05, 3.63) is 92.0 Å². The van der Waals surface area contributed by atoms with E-state index in [1.54, 1.807) is 24.3 Å². The molecule has 33 heavy (non-hydrogen) atoms. The summed E-state index contributed by atoms with van der Waals surface area (Å²) in [5.41, 5.74) is 0. The van der Waals surface area contributed by atoms with Crippen LogP contribution in [0.5, 0.6) is 5.75 Å². The molecule has 0 aliphatic rings. The number of fused-ring (bicyclic) bond motifs is 4. The van der Waals surface area contributed by atoms with E-state index in [-0.39, 0.29) is 19.0 Å². The van der Waals surface area contributed by atoms with Crippen molar-refractivity contribution in [1.82, 2.24) is 0 Å². The molecule has 0 heterocycles. The molecule has 0 atom stereocenters. The molecular weight excluding hydrogens is 439 g/mol. The van der Waals surface area contributed by atoms with Gasteiger partial charge in [0.05, 0.1) is 13.2 Å². The second-order valence-corrected chi connectivity index (χ2v) is 7.85. The van der Waals surface area contributed by atoms with Crippen molar-refractivity contribution >= 4 is 40.1 Å². The zero-order chi connectivity index (χ0) is 24.9. The predicted molar refractivity (Wildman–Crippen MR) is 138 cm³/mol. The van der Waals surface area contributed by atoms with Gasteiger partial charge in [0.25, 0.3) is 0 Å². The van der Waals surface area contributed by atoms with Gasteiger partial charge in [0, 0.05) is 5.39 Å². The van der Waals surface area contributed by atoms with Crippen molar-refractivity contribution in [3.63, 3.8) is 0 Å². The van der Waals surface area contributed by atoms with Gasteiger partial charge in [0.15, 0.2) is 0 Å². The van der Waals surface area contributed by atoms with Crippen LogP contribution in [-0.2, 0) is 4.57 Å². The van der Waals surface area contributed by atoms with Gasteiger partial charge in [0.2, 0.25) is 0 Å². The highest BCUT2D eigenvalue weighted by molar-refractivity contribution is 7.46. The molecule has 7 heteroatoms. The molecule has 0 radical (unpaired) electrons. The van der Waals surface area contributed by atoms with Crippen LogP contribution in [-0.4, -0.2) is 33.2 Å². The summed E-state index contributed by atoms with van der Waals surface area (Å²) in [6.07, 6.45) is 3.50. The summed E-state index contributed by atoms with van der Waals surface area (Å²) in [7, 11) is -4.62. The first-order valence-electron chi connectivity index (χ1n) is 10.2. The fourth-order valence-electron chi connectivity index (χ4n) is 2.97. The van der Waals surface area contributed by atoms with Gasteiger partial charge in [-0.15, -0.1) is 13.2 Å². The average Bonchev–Trinajstić information content (AvgIpc) is 2.78. The smallest absolute Gasteiger partial charge is 0.404 e. The fourth-order valence-corrected chi connectivity index (χ4v) is 3.38. The molecule has 4 aromatic rings. The van der Waals surface area contributed by atoms with E-state index < -0.39 is 7.82 Å². The second-order valence-electron chi connectivity index (χ2n) is 6.69. The molecule has 0 fully saturated rings. The Kier molecular flexibility index (Phi) is 12.1. The first-order chi connectivity index (χ1) is 15.8. The Balaban J connectivity index is 0.000000468. The molecule has 6 nitrogen and oxygen atoms in total. The van der Waals surface area contributed by atoms with E-state index in [0.29, 0.717) is 5.39 Å². The highest BCUT2D eigenvalue weighted by Crippen LogP contribution is 2.43. The maximum atomic E-state index is 11.3. The molecule has 0 spiro atoms. The minimum atomic E-state index is -4.62. The van der Waals surface area contributed by atoms with Gasteiger partial charge in [-0.25, -0.2) is 4.57 Å². The Labute approximate surface area is 194 Å². The molecule has 0 saturated carbocycles. The minimum absolute atomic E-state index is 0.125. The molecule has 176 valence electrons. The van der Waals surface area contributed by atoms with E-state index in [2.05, 4.69) is 19.2 Å². The van der Waals surface area contributed by atoms with Gasteiger partial charge < -0.3 is 14.7 Å². The lowest BCUT2D eigenvalue weighted by Crippen LogP contribution is -1.91. The third-order valence-corrected chi connectivity index (χ3v) is 4.44. The van der Waals surface area contributed by atoms with Crippen LogP contribution in [0.15, 0.2) is 92.0 Å². The van der Waals surface area contributed by atoms with Crippen LogP contribution in [0.1, 0.15) is 13.8 Å². The first kappa shape index (κ1) is 28.0. The van der Waals surface area contributed by atoms with Crippen molar-refractivity contribution in [1.29, 1.82) is 0 Å². The Morgan fingerprint density at radius 1 is 0.788 bits per heavy atom. The number of benzene rings is 4. The molecule has 0 amide bonds. The first-order valence-corrected chi connectivity index (χ1v) is 11.7. The number of aliphatic hydroxyl groups is 2. The summed E-state index contributed by atoms with van der Waals surface area (Å²) in [5, 5.41) is 20.9. The minimum Gasteiger partial charge on any atom is -0.404 e.